The molecule has 1 atom stereocenters. The lowest BCUT2D eigenvalue weighted by molar-refractivity contribution is -0.386. The zero-order chi connectivity index (χ0) is 20.3. The van der Waals surface area contributed by atoms with E-state index >= 15 is 0 Å². The van der Waals surface area contributed by atoms with Gasteiger partial charge in [-0.15, -0.1) is 0 Å². The average Bonchev–Trinajstić information content (AvgIpc) is 3.07. The predicted molar refractivity (Wildman–Crippen MR) is 103 cm³/mol. The topological polar surface area (TPSA) is 115 Å². The number of hydrogen-bond acceptors (Lipinski definition) is 8. The predicted octanol–water partition coefficient (Wildman–Crippen LogP) is 2.39. The van der Waals surface area contributed by atoms with E-state index in [0.717, 1.165) is 17.8 Å². The van der Waals surface area contributed by atoms with Crippen molar-refractivity contribution in [3.8, 4) is 0 Å². The Morgan fingerprint density at radius 3 is 2.54 bits per heavy atom. The van der Waals surface area contributed by atoms with E-state index in [0.29, 0.717) is 32.8 Å². The highest BCUT2D eigenvalue weighted by Crippen LogP contribution is 2.33. The van der Waals surface area contributed by atoms with Crippen molar-refractivity contribution >= 4 is 21.2 Å². The van der Waals surface area contributed by atoms with Gasteiger partial charge in [-0.3, -0.25) is 15.0 Å². The quantitative estimate of drug-likeness (QED) is 0.547. The van der Waals surface area contributed by atoms with Crippen molar-refractivity contribution in [1.29, 1.82) is 0 Å². The van der Waals surface area contributed by atoms with Crippen LogP contribution in [0.4, 0.5) is 11.4 Å². The molecule has 1 saturated heterocycles. The summed E-state index contributed by atoms with van der Waals surface area (Å²) in [4.78, 5) is 12.8. The Labute approximate surface area is 163 Å². The third-order valence-corrected chi connectivity index (χ3v) is 5.77. The number of morpholine rings is 1. The molecule has 1 aliphatic rings. The van der Waals surface area contributed by atoms with Crippen LogP contribution in [0.3, 0.4) is 0 Å². The molecule has 2 aromatic rings. The maximum Gasteiger partial charge on any atom is 0.310 e. The number of nitrogens with zero attached hydrogens (tertiary/aromatic N) is 2. The number of nitrogens with one attached hydrogen (secondary N) is 1. The Morgan fingerprint density at radius 1 is 1.25 bits per heavy atom. The van der Waals surface area contributed by atoms with Crippen LogP contribution < -0.4 is 5.32 Å². The van der Waals surface area contributed by atoms with Crippen molar-refractivity contribution in [2.75, 3.05) is 44.4 Å². The summed E-state index contributed by atoms with van der Waals surface area (Å²) in [6.07, 6.45) is 0.960. The van der Waals surface area contributed by atoms with Gasteiger partial charge in [-0.25, -0.2) is 8.42 Å². The molecule has 10 heteroatoms. The number of para-hydroxylation sites is 1. The van der Waals surface area contributed by atoms with E-state index in [4.69, 9.17) is 9.15 Å². The number of sulfone groups is 1. The van der Waals surface area contributed by atoms with Crippen LogP contribution in [0.1, 0.15) is 17.6 Å². The maximum absolute atomic E-state index is 12.0. The van der Waals surface area contributed by atoms with Crippen LogP contribution >= 0.6 is 0 Å². The third kappa shape index (κ3) is 4.51. The SMILES string of the molecule is Cc1ccc(C(CNc2cccc(S(C)(=O)=O)c2[N+](=O)[O-])N2CCOCC2)o1. The molecule has 152 valence electrons. The smallest absolute Gasteiger partial charge is 0.310 e. The van der Waals surface area contributed by atoms with E-state index in [9.17, 15) is 18.5 Å². The first kappa shape index (κ1) is 20.3. The molecule has 3 rings (SSSR count). The van der Waals surface area contributed by atoms with Gasteiger partial charge < -0.3 is 14.5 Å². The second kappa shape index (κ2) is 8.29. The molecule has 0 amide bonds. The van der Waals surface area contributed by atoms with Gasteiger partial charge >= 0.3 is 5.69 Å². The summed E-state index contributed by atoms with van der Waals surface area (Å²) in [6.45, 7) is 4.78. The molecule has 28 heavy (non-hydrogen) atoms. The van der Waals surface area contributed by atoms with Gasteiger partial charge in [0.15, 0.2) is 9.84 Å². The maximum atomic E-state index is 12.0. The van der Waals surface area contributed by atoms with E-state index in [-0.39, 0.29) is 16.6 Å². The highest BCUT2D eigenvalue weighted by atomic mass is 32.2. The Kier molecular flexibility index (Phi) is 6.01. The van der Waals surface area contributed by atoms with E-state index in [1.54, 1.807) is 0 Å². The number of nitro groups is 1. The van der Waals surface area contributed by atoms with Crippen molar-refractivity contribution in [3.05, 3.63) is 52.0 Å². The average molecular weight is 409 g/mol. The molecule has 0 radical (unpaired) electrons. The Hall–Kier alpha value is -2.43. The third-order valence-electron chi connectivity index (χ3n) is 4.64. The van der Waals surface area contributed by atoms with Crippen LogP contribution in [0.15, 0.2) is 39.6 Å². The minimum atomic E-state index is -3.74. The van der Waals surface area contributed by atoms with Gasteiger partial charge in [0, 0.05) is 25.9 Å². The molecule has 1 fully saturated rings. The number of hydrogen-bond donors (Lipinski definition) is 1. The van der Waals surface area contributed by atoms with Crippen LogP contribution in [-0.4, -0.2) is 57.3 Å². The summed E-state index contributed by atoms with van der Waals surface area (Å²) in [7, 11) is -3.74. The van der Waals surface area contributed by atoms with Crippen LogP contribution in [0.5, 0.6) is 0 Å². The molecule has 0 saturated carbocycles. The first-order valence-corrected chi connectivity index (χ1v) is 10.8. The highest BCUT2D eigenvalue weighted by molar-refractivity contribution is 7.90. The first-order valence-electron chi connectivity index (χ1n) is 8.87. The fraction of sp³-hybridized carbons (Fsp3) is 0.444. The standard InChI is InChI=1S/C18H23N3O6S/c1-13-6-7-16(27-13)15(20-8-10-26-11-9-20)12-19-14-4-3-5-17(28(2,24)25)18(14)21(22)23/h3-7,15,19H,8-12H2,1-2H3. The molecular formula is C18H23N3O6S. The number of ether oxygens (including phenoxy) is 1. The molecular weight excluding hydrogens is 386 g/mol. The fourth-order valence-electron chi connectivity index (χ4n) is 3.29. The van der Waals surface area contributed by atoms with E-state index in [1.807, 2.05) is 19.1 Å². The normalized spacial score (nSPS) is 16.6. The van der Waals surface area contributed by atoms with E-state index in [2.05, 4.69) is 10.2 Å². The van der Waals surface area contributed by atoms with Gasteiger partial charge in [-0.2, -0.15) is 0 Å². The van der Waals surface area contributed by atoms with Crippen LogP contribution in [0, 0.1) is 17.0 Å². The van der Waals surface area contributed by atoms with Crippen molar-refractivity contribution in [2.24, 2.45) is 0 Å². The number of aryl methyl sites for hydroxylation is 1. The summed E-state index contributed by atoms with van der Waals surface area (Å²) in [6, 6.07) is 7.84. The van der Waals surface area contributed by atoms with E-state index < -0.39 is 20.4 Å². The summed E-state index contributed by atoms with van der Waals surface area (Å²) in [5.74, 6) is 1.52. The number of rotatable bonds is 7. The van der Waals surface area contributed by atoms with Gasteiger partial charge in [0.1, 0.15) is 22.1 Å². The molecule has 1 aliphatic heterocycles. The van der Waals surface area contributed by atoms with Gasteiger partial charge in [-0.05, 0) is 31.2 Å². The van der Waals surface area contributed by atoms with Crippen LogP contribution in [-0.2, 0) is 14.6 Å². The lowest BCUT2D eigenvalue weighted by atomic mass is 10.1. The summed E-state index contributed by atoms with van der Waals surface area (Å²) in [5, 5.41) is 14.6. The van der Waals surface area contributed by atoms with Gasteiger partial charge in [-0.1, -0.05) is 6.07 Å². The van der Waals surface area contributed by atoms with Crippen molar-refractivity contribution in [2.45, 2.75) is 17.9 Å². The summed E-state index contributed by atoms with van der Waals surface area (Å²) in [5.41, 5.74) is -0.282. The minimum Gasteiger partial charge on any atom is -0.465 e. The van der Waals surface area contributed by atoms with Crippen molar-refractivity contribution in [3.63, 3.8) is 0 Å². The zero-order valence-electron chi connectivity index (χ0n) is 15.8. The minimum absolute atomic E-state index is 0.162. The zero-order valence-corrected chi connectivity index (χ0v) is 16.6. The molecule has 1 aromatic heterocycles. The molecule has 2 heterocycles. The van der Waals surface area contributed by atoms with Gasteiger partial charge in [0.2, 0.25) is 0 Å². The molecule has 0 aliphatic carbocycles. The van der Waals surface area contributed by atoms with Crippen LogP contribution in [0.2, 0.25) is 0 Å². The first-order chi connectivity index (χ1) is 13.3. The molecule has 1 unspecified atom stereocenters. The number of furan rings is 1. The van der Waals surface area contributed by atoms with Gasteiger partial charge in [0.25, 0.3) is 0 Å². The Morgan fingerprint density at radius 2 is 1.96 bits per heavy atom. The number of benzene rings is 1. The number of anilines is 1. The highest BCUT2D eigenvalue weighted by Gasteiger charge is 2.29. The van der Waals surface area contributed by atoms with Crippen LogP contribution in [0.25, 0.3) is 0 Å². The molecule has 9 nitrogen and oxygen atoms in total. The summed E-state index contributed by atoms with van der Waals surface area (Å²) < 4.78 is 35.1. The monoisotopic (exact) mass is 409 g/mol. The lowest BCUT2D eigenvalue weighted by Gasteiger charge is -2.33. The Balaban J connectivity index is 1.90. The molecule has 0 bridgehead atoms. The Bertz CT molecular complexity index is 950. The lowest BCUT2D eigenvalue weighted by Crippen LogP contribution is -2.41. The number of nitro benzene ring substituents is 1. The van der Waals surface area contributed by atoms with Crippen molar-refractivity contribution < 1.29 is 22.5 Å². The second-order valence-corrected chi connectivity index (χ2v) is 8.66. The molecule has 0 spiro atoms. The van der Waals surface area contributed by atoms with E-state index in [1.165, 1.54) is 18.2 Å². The summed E-state index contributed by atoms with van der Waals surface area (Å²) >= 11 is 0. The molecule has 1 N–H and O–H groups in total. The largest absolute Gasteiger partial charge is 0.465 e. The van der Waals surface area contributed by atoms with Gasteiger partial charge in [0.05, 0.1) is 24.2 Å². The second-order valence-electron chi connectivity index (χ2n) is 6.68. The van der Waals surface area contributed by atoms with Crippen molar-refractivity contribution in [1.82, 2.24) is 4.90 Å². The molecule has 1 aromatic carbocycles. The fourth-order valence-corrected chi connectivity index (χ4v) is 4.15.